The predicted octanol–water partition coefficient (Wildman–Crippen LogP) is 1.51. The molecule has 3 aliphatic heterocycles. The summed E-state index contributed by atoms with van der Waals surface area (Å²) in [5.74, 6) is -0.295. The van der Waals surface area contributed by atoms with Gasteiger partial charge >= 0.3 is 6.03 Å². The maximum Gasteiger partial charge on any atom is 0.352 e. The maximum absolute atomic E-state index is 12.8. The Hall–Kier alpha value is -3.10. The second-order valence-corrected chi connectivity index (χ2v) is 6.82. The zero-order valence-electron chi connectivity index (χ0n) is 15.1. The number of piperidine rings is 1. The Kier molecular flexibility index (Phi) is 4.21. The molecule has 0 N–H and O–H groups in total. The lowest BCUT2D eigenvalue weighted by Crippen LogP contribution is -2.54. The van der Waals surface area contributed by atoms with Gasteiger partial charge in [0.05, 0.1) is 5.69 Å². The van der Waals surface area contributed by atoms with E-state index < -0.39 is 11.9 Å². The van der Waals surface area contributed by atoms with Gasteiger partial charge in [-0.3, -0.25) is 14.5 Å². The molecule has 4 heterocycles. The number of urea groups is 1. The van der Waals surface area contributed by atoms with Crippen LogP contribution in [0.5, 0.6) is 0 Å². The van der Waals surface area contributed by atoms with Crippen LogP contribution in [0.2, 0.25) is 0 Å². The largest absolute Gasteiger partial charge is 0.361 e. The van der Waals surface area contributed by atoms with Crippen molar-refractivity contribution in [1.29, 1.82) is 0 Å². The number of allylic oxidation sites excluding steroid dienone is 1. The number of amides is 4. The number of rotatable bonds is 2. The van der Waals surface area contributed by atoms with Crippen LogP contribution in [0.4, 0.5) is 4.79 Å². The first-order valence-corrected chi connectivity index (χ1v) is 8.86. The van der Waals surface area contributed by atoms with Crippen LogP contribution in [0.25, 0.3) is 0 Å². The van der Waals surface area contributed by atoms with Gasteiger partial charge in [-0.1, -0.05) is 11.2 Å². The molecule has 3 aliphatic rings. The molecule has 1 saturated heterocycles. The standard InChI is InChI=1S/C18H19N5O4/c1-10-14(11(2)27-21-10)17(25)22-8-5-12(6-9-22)23-16(24)13-4-3-7-19-15(13)20-18(23)26/h3-4,7,12-13H,5-6,8-9H2,1-2H3. The topological polar surface area (TPSA) is 108 Å². The molecule has 4 amide bonds. The zero-order valence-corrected chi connectivity index (χ0v) is 15.1. The number of fused-ring (bicyclic) bond motifs is 1. The van der Waals surface area contributed by atoms with Crippen molar-refractivity contribution in [2.45, 2.75) is 32.7 Å². The Morgan fingerprint density at radius 2 is 1.96 bits per heavy atom. The molecule has 0 aliphatic carbocycles. The van der Waals surface area contributed by atoms with Crippen LogP contribution in [-0.2, 0) is 4.79 Å². The van der Waals surface area contributed by atoms with Crippen molar-refractivity contribution in [3.05, 3.63) is 29.2 Å². The quantitative estimate of drug-likeness (QED) is 0.785. The first-order chi connectivity index (χ1) is 13.0. The lowest BCUT2D eigenvalue weighted by atomic mass is 9.97. The van der Waals surface area contributed by atoms with Crippen molar-refractivity contribution in [2.24, 2.45) is 15.9 Å². The molecule has 0 saturated carbocycles. The van der Waals surface area contributed by atoms with E-state index in [0.717, 1.165) is 0 Å². The van der Waals surface area contributed by atoms with Gasteiger partial charge in [-0.05, 0) is 32.8 Å². The first kappa shape index (κ1) is 17.3. The number of aliphatic imine (C=N–C) groups is 2. The van der Waals surface area contributed by atoms with Gasteiger partial charge in [-0.15, -0.1) is 0 Å². The number of likely N-dealkylation sites (tertiary alicyclic amines) is 1. The van der Waals surface area contributed by atoms with E-state index in [1.54, 1.807) is 30.9 Å². The molecule has 9 heteroatoms. The average molecular weight is 369 g/mol. The number of aromatic nitrogens is 1. The van der Waals surface area contributed by atoms with Crippen LogP contribution in [0.15, 0.2) is 26.7 Å². The van der Waals surface area contributed by atoms with E-state index in [-0.39, 0.29) is 23.7 Å². The van der Waals surface area contributed by atoms with E-state index in [0.29, 0.717) is 42.9 Å². The number of hydrogen-bond acceptors (Lipinski definition) is 6. The van der Waals surface area contributed by atoms with Crippen LogP contribution in [0.1, 0.15) is 34.7 Å². The Labute approximate surface area is 155 Å². The fraction of sp³-hybridized carbons (Fsp3) is 0.444. The van der Waals surface area contributed by atoms with Gasteiger partial charge in [0.1, 0.15) is 23.1 Å². The van der Waals surface area contributed by atoms with Crippen molar-refractivity contribution in [3.8, 4) is 0 Å². The zero-order chi connectivity index (χ0) is 19.1. The van der Waals surface area contributed by atoms with Crippen LogP contribution >= 0.6 is 0 Å². The Balaban J connectivity index is 1.47. The summed E-state index contributed by atoms with van der Waals surface area (Å²) in [5.41, 5.74) is 1.05. The first-order valence-electron chi connectivity index (χ1n) is 8.86. The lowest BCUT2D eigenvalue weighted by Gasteiger charge is -2.39. The van der Waals surface area contributed by atoms with Gasteiger partial charge in [0.2, 0.25) is 5.91 Å². The fourth-order valence-electron chi connectivity index (χ4n) is 3.74. The normalized spacial score (nSPS) is 22.9. The van der Waals surface area contributed by atoms with Gasteiger partial charge in [-0.2, -0.15) is 4.99 Å². The molecular weight excluding hydrogens is 350 g/mol. The minimum atomic E-state index is -0.602. The van der Waals surface area contributed by atoms with Crippen LogP contribution in [0, 0.1) is 19.8 Å². The molecule has 140 valence electrons. The number of carbonyl (C=O) groups excluding carboxylic acids is 3. The molecule has 1 aromatic heterocycles. The smallest absolute Gasteiger partial charge is 0.352 e. The van der Waals surface area contributed by atoms with Gasteiger partial charge in [0, 0.05) is 25.3 Å². The highest BCUT2D eigenvalue weighted by Gasteiger charge is 2.42. The third kappa shape index (κ3) is 2.88. The van der Waals surface area contributed by atoms with Crippen LogP contribution in [0.3, 0.4) is 0 Å². The summed E-state index contributed by atoms with van der Waals surface area (Å²) in [6, 6.07) is -0.850. The second kappa shape index (κ2) is 6.57. The summed E-state index contributed by atoms with van der Waals surface area (Å²) < 4.78 is 5.07. The van der Waals surface area contributed by atoms with Gasteiger partial charge < -0.3 is 9.42 Å². The summed E-state index contributed by atoms with van der Waals surface area (Å²) in [5, 5.41) is 3.83. The number of amidine groups is 1. The molecule has 0 bridgehead atoms. The van der Waals surface area contributed by atoms with E-state index in [2.05, 4.69) is 15.1 Å². The molecule has 1 aromatic rings. The summed E-state index contributed by atoms with van der Waals surface area (Å²) in [6.45, 7) is 4.33. The molecule has 0 spiro atoms. The van der Waals surface area contributed by atoms with Gasteiger partial charge in [0.15, 0.2) is 0 Å². The Morgan fingerprint density at radius 3 is 2.63 bits per heavy atom. The fourth-order valence-corrected chi connectivity index (χ4v) is 3.74. The molecular formula is C18H19N5O4. The Morgan fingerprint density at radius 1 is 1.22 bits per heavy atom. The van der Waals surface area contributed by atoms with Gasteiger partial charge in [0.25, 0.3) is 5.91 Å². The van der Waals surface area contributed by atoms with Crippen molar-refractivity contribution in [1.82, 2.24) is 15.0 Å². The van der Waals surface area contributed by atoms with Crippen molar-refractivity contribution < 1.29 is 18.9 Å². The minimum Gasteiger partial charge on any atom is -0.361 e. The molecule has 9 nitrogen and oxygen atoms in total. The summed E-state index contributed by atoms with van der Waals surface area (Å²) >= 11 is 0. The predicted molar refractivity (Wildman–Crippen MR) is 95.7 cm³/mol. The highest BCUT2D eigenvalue weighted by atomic mass is 16.5. The second-order valence-electron chi connectivity index (χ2n) is 6.82. The van der Waals surface area contributed by atoms with E-state index >= 15 is 0 Å². The van der Waals surface area contributed by atoms with Crippen LogP contribution in [-0.4, -0.2) is 64.0 Å². The van der Waals surface area contributed by atoms with E-state index in [1.807, 2.05) is 0 Å². The maximum atomic E-state index is 12.8. The number of hydrogen-bond donors (Lipinski definition) is 0. The number of nitrogens with zero attached hydrogens (tertiary/aromatic N) is 5. The molecule has 27 heavy (non-hydrogen) atoms. The molecule has 4 rings (SSSR count). The molecule has 1 unspecified atom stereocenters. The van der Waals surface area contributed by atoms with E-state index in [4.69, 9.17) is 4.52 Å². The lowest BCUT2D eigenvalue weighted by molar-refractivity contribution is -0.131. The van der Waals surface area contributed by atoms with Gasteiger partial charge in [-0.25, -0.2) is 9.79 Å². The number of dihydropyridines is 1. The van der Waals surface area contributed by atoms with Crippen molar-refractivity contribution in [3.63, 3.8) is 0 Å². The SMILES string of the molecule is Cc1noc(C)c1C(=O)N1CCC(N2C(=O)N=C3N=CC=CC3C2=O)CC1. The third-order valence-corrected chi connectivity index (χ3v) is 5.16. The molecule has 1 atom stereocenters. The average Bonchev–Trinajstić information content (AvgIpc) is 3.00. The van der Waals surface area contributed by atoms with Crippen molar-refractivity contribution >= 4 is 29.9 Å². The summed E-state index contributed by atoms with van der Waals surface area (Å²) in [4.78, 5) is 48.8. The minimum absolute atomic E-state index is 0.133. The summed E-state index contributed by atoms with van der Waals surface area (Å²) in [7, 11) is 0. The number of imide groups is 1. The third-order valence-electron chi connectivity index (χ3n) is 5.16. The highest BCUT2D eigenvalue weighted by Crippen LogP contribution is 2.26. The molecule has 0 radical (unpaired) electrons. The monoisotopic (exact) mass is 369 g/mol. The Bertz CT molecular complexity index is 885. The van der Waals surface area contributed by atoms with Crippen LogP contribution < -0.4 is 0 Å². The van der Waals surface area contributed by atoms with E-state index in [9.17, 15) is 14.4 Å². The summed E-state index contributed by atoms with van der Waals surface area (Å²) in [6.07, 6.45) is 5.92. The highest BCUT2D eigenvalue weighted by molar-refractivity contribution is 6.19. The molecule has 0 aromatic carbocycles. The van der Waals surface area contributed by atoms with Crippen molar-refractivity contribution in [2.75, 3.05) is 13.1 Å². The van der Waals surface area contributed by atoms with E-state index in [1.165, 1.54) is 11.1 Å². The number of aryl methyl sites for hydroxylation is 2. The number of carbonyl (C=O) groups is 3. The molecule has 1 fully saturated rings.